The Labute approximate surface area is 88.0 Å². The van der Waals surface area contributed by atoms with Gasteiger partial charge in [-0.3, -0.25) is 14.6 Å². The fourth-order valence-corrected chi connectivity index (χ4v) is 1.58. The minimum absolute atomic E-state index is 0.328. The van der Waals surface area contributed by atoms with Crippen molar-refractivity contribution in [3.8, 4) is 0 Å². The summed E-state index contributed by atoms with van der Waals surface area (Å²) >= 11 is 0. The molecule has 0 unspecified atom stereocenters. The second kappa shape index (κ2) is 4.35. The van der Waals surface area contributed by atoms with Crippen LogP contribution in [0.1, 0.15) is 29.8 Å². The van der Waals surface area contributed by atoms with E-state index < -0.39 is 0 Å². The standard InChI is InChI=1S/C10H13N3O2/c1-15-13(9-3-2-4-9)10-6-11-5-8(7-14)12-10/h5-7,9H,2-4H2,1H3. The summed E-state index contributed by atoms with van der Waals surface area (Å²) in [6.45, 7) is 0. The van der Waals surface area contributed by atoms with Gasteiger partial charge in [-0.2, -0.15) is 0 Å². The Morgan fingerprint density at radius 3 is 2.87 bits per heavy atom. The van der Waals surface area contributed by atoms with Gasteiger partial charge in [0.15, 0.2) is 12.1 Å². The molecule has 5 nitrogen and oxygen atoms in total. The number of hydrogen-bond acceptors (Lipinski definition) is 5. The van der Waals surface area contributed by atoms with E-state index >= 15 is 0 Å². The molecule has 2 rings (SSSR count). The summed E-state index contributed by atoms with van der Waals surface area (Å²) < 4.78 is 0. The molecule has 0 aliphatic heterocycles. The first-order valence-corrected chi connectivity index (χ1v) is 4.95. The molecule has 0 aromatic carbocycles. The van der Waals surface area contributed by atoms with E-state index in [2.05, 4.69) is 9.97 Å². The molecule has 80 valence electrons. The van der Waals surface area contributed by atoms with E-state index in [1.54, 1.807) is 18.4 Å². The molecule has 0 bridgehead atoms. The zero-order valence-corrected chi connectivity index (χ0v) is 8.59. The number of rotatable bonds is 4. The van der Waals surface area contributed by atoms with Crippen LogP contribution in [-0.2, 0) is 4.84 Å². The second-order valence-electron chi connectivity index (χ2n) is 3.51. The number of carbonyl (C=O) groups is 1. The van der Waals surface area contributed by atoms with Gasteiger partial charge < -0.3 is 0 Å². The monoisotopic (exact) mass is 207 g/mol. The van der Waals surface area contributed by atoms with Crippen molar-refractivity contribution in [2.24, 2.45) is 0 Å². The summed E-state index contributed by atoms with van der Waals surface area (Å²) in [4.78, 5) is 23.9. The predicted molar refractivity (Wildman–Crippen MR) is 54.5 cm³/mol. The van der Waals surface area contributed by atoms with E-state index in [9.17, 15) is 4.79 Å². The largest absolute Gasteiger partial charge is 0.296 e. The van der Waals surface area contributed by atoms with Crippen LogP contribution >= 0.6 is 0 Å². The van der Waals surface area contributed by atoms with Crippen molar-refractivity contribution in [2.45, 2.75) is 25.3 Å². The zero-order valence-electron chi connectivity index (χ0n) is 8.59. The number of hydrogen-bond donors (Lipinski definition) is 0. The van der Waals surface area contributed by atoms with Gasteiger partial charge in [0, 0.05) is 0 Å². The number of aromatic nitrogens is 2. The summed E-state index contributed by atoms with van der Waals surface area (Å²) in [5.74, 6) is 0.604. The molecular formula is C10H13N3O2. The maximum Gasteiger partial charge on any atom is 0.171 e. The maximum atomic E-state index is 10.6. The van der Waals surface area contributed by atoms with Gasteiger partial charge in [0.1, 0.15) is 5.69 Å². The summed E-state index contributed by atoms with van der Waals surface area (Å²) in [7, 11) is 1.60. The van der Waals surface area contributed by atoms with Crippen molar-refractivity contribution in [1.82, 2.24) is 9.97 Å². The van der Waals surface area contributed by atoms with Crippen molar-refractivity contribution < 1.29 is 9.63 Å². The number of aldehydes is 1. The molecule has 1 aromatic heterocycles. The molecule has 1 aromatic rings. The Balaban J connectivity index is 2.20. The highest BCUT2D eigenvalue weighted by Gasteiger charge is 2.26. The van der Waals surface area contributed by atoms with Crippen LogP contribution < -0.4 is 5.06 Å². The molecule has 5 heteroatoms. The van der Waals surface area contributed by atoms with Gasteiger partial charge in [0.05, 0.1) is 25.5 Å². The highest BCUT2D eigenvalue weighted by Crippen LogP contribution is 2.27. The minimum Gasteiger partial charge on any atom is -0.296 e. The Hall–Kier alpha value is -1.49. The first kappa shape index (κ1) is 10.0. The SMILES string of the molecule is CON(c1cncc(C=O)n1)C1CCC1. The molecule has 1 aliphatic rings. The average Bonchev–Trinajstić information content (AvgIpc) is 2.23. The maximum absolute atomic E-state index is 10.6. The lowest BCUT2D eigenvalue weighted by molar-refractivity contribution is 0.107. The van der Waals surface area contributed by atoms with Crippen molar-refractivity contribution in [3.05, 3.63) is 18.1 Å². The molecule has 1 fully saturated rings. The molecule has 0 radical (unpaired) electrons. The molecule has 1 aliphatic carbocycles. The number of carbonyl (C=O) groups excluding carboxylic acids is 1. The van der Waals surface area contributed by atoms with Crippen LogP contribution in [0.3, 0.4) is 0 Å². The Kier molecular flexibility index (Phi) is 2.91. The average molecular weight is 207 g/mol. The Morgan fingerprint density at radius 2 is 2.33 bits per heavy atom. The molecular weight excluding hydrogens is 194 g/mol. The van der Waals surface area contributed by atoms with Crippen molar-refractivity contribution in [1.29, 1.82) is 0 Å². The Morgan fingerprint density at radius 1 is 1.53 bits per heavy atom. The van der Waals surface area contributed by atoms with Gasteiger partial charge >= 0.3 is 0 Å². The topological polar surface area (TPSA) is 55.3 Å². The molecule has 15 heavy (non-hydrogen) atoms. The van der Waals surface area contributed by atoms with Gasteiger partial charge in [-0.1, -0.05) is 0 Å². The normalized spacial score (nSPS) is 15.8. The highest BCUT2D eigenvalue weighted by atomic mass is 16.7. The van der Waals surface area contributed by atoms with Gasteiger partial charge in [-0.15, -0.1) is 0 Å². The summed E-state index contributed by atoms with van der Waals surface area (Å²) in [5, 5.41) is 1.73. The highest BCUT2D eigenvalue weighted by molar-refractivity contribution is 5.71. The van der Waals surface area contributed by atoms with Gasteiger partial charge in [-0.05, 0) is 19.3 Å². The van der Waals surface area contributed by atoms with Crippen LogP contribution in [0.5, 0.6) is 0 Å². The molecule has 0 spiro atoms. The van der Waals surface area contributed by atoms with Crippen molar-refractivity contribution >= 4 is 12.1 Å². The first-order chi connectivity index (χ1) is 7.35. The van der Waals surface area contributed by atoms with Crippen molar-refractivity contribution in [2.75, 3.05) is 12.2 Å². The van der Waals surface area contributed by atoms with Crippen LogP contribution in [0, 0.1) is 0 Å². The summed E-state index contributed by atoms with van der Waals surface area (Å²) in [6.07, 6.45) is 7.14. The van der Waals surface area contributed by atoms with Crippen LogP contribution in [0.4, 0.5) is 5.82 Å². The van der Waals surface area contributed by atoms with E-state index in [1.165, 1.54) is 12.6 Å². The third kappa shape index (κ3) is 1.97. The van der Waals surface area contributed by atoms with Crippen molar-refractivity contribution in [3.63, 3.8) is 0 Å². The van der Waals surface area contributed by atoms with E-state index in [-0.39, 0.29) is 0 Å². The molecule has 0 N–H and O–H groups in total. The van der Waals surface area contributed by atoms with E-state index in [0.29, 0.717) is 23.8 Å². The van der Waals surface area contributed by atoms with E-state index in [4.69, 9.17) is 4.84 Å². The molecule has 0 saturated heterocycles. The fourth-order valence-electron chi connectivity index (χ4n) is 1.58. The zero-order chi connectivity index (χ0) is 10.7. The fraction of sp³-hybridized carbons (Fsp3) is 0.500. The quantitative estimate of drug-likeness (QED) is 0.548. The van der Waals surface area contributed by atoms with E-state index in [1.807, 2.05) is 0 Å². The summed E-state index contributed by atoms with van der Waals surface area (Å²) in [5.41, 5.74) is 0.328. The van der Waals surface area contributed by atoms with Crippen LogP contribution in [0.2, 0.25) is 0 Å². The second-order valence-corrected chi connectivity index (χ2v) is 3.51. The predicted octanol–water partition coefficient (Wildman–Crippen LogP) is 1.21. The van der Waals surface area contributed by atoms with E-state index in [0.717, 1.165) is 12.8 Å². The Bertz CT molecular complexity index is 352. The third-order valence-electron chi connectivity index (χ3n) is 2.59. The number of anilines is 1. The first-order valence-electron chi connectivity index (χ1n) is 4.95. The minimum atomic E-state index is 0.328. The third-order valence-corrected chi connectivity index (χ3v) is 2.59. The van der Waals surface area contributed by atoms with Crippen LogP contribution in [0.15, 0.2) is 12.4 Å². The van der Waals surface area contributed by atoms with Gasteiger partial charge in [0.2, 0.25) is 0 Å². The lowest BCUT2D eigenvalue weighted by atomic mass is 9.93. The lowest BCUT2D eigenvalue weighted by Crippen LogP contribution is -2.40. The number of hydroxylamine groups is 1. The number of nitrogens with zero attached hydrogens (tertiary/aromatic N) is 3. The molecule has 1 heterocycles. The molecule has 1 saturated carbocycles. The molecule has 0 amide bonds. The lowest BCUT2D eigenvalue weighted by Gasteiger charge is -2.35. The summed E-state index contributed by atoms with van der Waals surface area (Å²) in [6, 6.07) is 0.367. The smallest absolute Gasteiger partial charge is 0.171 e. The van der Waals surface area contributed by atoms with Crippen LogP contribution in [0.25, 0.3) is 0 Å². The van der Waals surface area contributed by atoms with Gasteiger partial charge in [-0.25, -0.2) is 10.0 Å². The molecule has 0 atom stereocenters. The van der Waals surface area contributed by atoms with Crippen LogP contribution in [-0.4, -0.2) is 29.4 Å². The van der Waals surface area contributed by atoms with Gasteiger partial charge in [0.25, 0.3) is 0 Å².